The first-order chi connectivity index (χ1) is 12.0. The van der Waals surface area contributed by atoms with Crippen LogP contribution in [0.3, 0.4) is 0 Å². The lowest BCUT2D eigenvalue weighted by atomic mass is 10.0. The molecule has 0 saturated heterocycles. The third-order valence-corrected chi connectivity index (χ3v) is 3.30. The molecule has 0 heterocycles. The summed E-state index contributed by atoms with van der Waals surface area (Å²) in [4.78, 5) is 33.7. The van der Waals surface area contributed by atoms with Gasteiger partial charge in [-0.05, 0) is 12.1 Å². The molecule has 2 aromatic rings. The number of nitrogens with zero attached hydrogens (tertiary/aromatic N) is 1. The number of nitrogens with one attached hydrogen (secondary N) is 1. The first-order valence-electron chi connectivity index (χ1n) is 7.47. The smallest absolute Gasteiger partial charge is 0.293 e. The van der Waals surface area contributed by atoms with Gasteiger partial charge in [0.25, 0.3) is 5.69 Å². The van der Waals surface area contributed by atoms with E-state index in [9.17, 15) is 19.7 Å². The van der Waals surface area contributed by atoms with E-state index in [1.165, 1.54) is 18.2 Å². The monoisotopic (exact) mass is 343 g/mol. The molecule has 0 spiro atoms. The van der Waals surface area contributed by atoms with Gasteiger partial charge in [0, 0.05) is 23.7 Å². The molecule has 25 heavy (non-hydrogen) atoms. The Bertz CT molecular complexity index is 777. The highest BCUT2D eigenvalue weighted by atomic mass is 16.6. The van der Waals surface area contributed by atoms with Crippen LogP contribution in [0.15, 0.2) is 48.5 Å². The van der Waals surface area contributed by atoms with Crippen molar-refractivity contribution in [2.45, 2.75) is 0 Å². The van der Waals surface area contributed by atoms with E-state index in [1.807, 2.05) is 0 Å². The number of ketones is 1. The zero-order valence-electron chi connectivity index (χ0n) is 13.3. The van der Waals surface area contributed by atoms with Gasteiger partial charge in [-0.1, -0.05) is 30.3 Å². The number of nitro benzene ring substituents is 1. The summed E-state index contributed by atoms with van der Waals surface area (Å²) in [6.45, 7) is 0.194. The van der Waals surface area contributed by atoms with Crippen LogP contribution in [-0.2, 0) is 9.53 Å². The average molecular weight is 343 g/mol. The summed E-state index contributed by atoms with van der Waals surface area (Å²) >= 11 is 0. The highest BCUT2D eigenvalue weighted by Crippen LogP contribution is 2.26. The highest BCUT2D eigenvalue weighted by Gasteiger charge is 2.18. The van der Waals surface area contributed by atoms with Gasteiger partial charge in [0.2, 0.25) is 5.91 Å². The van der Waals surface area contributed by atoms with Gasteiger partial charge in [0.05, 0.1) is 11.5 Å². The lowest BCUT2D eigenvalue weighted by molar-refractivity contribution is -0.384. The number of carbonyl (C=O) groups is 2. The summed E-state index contributed by atoms with van der Waals surface area (Å²) in [6.07, 6.45) is 0. The van der Waals surface area contributed by atoms with Crippen LogP contribution < -0.4 is 11.1 Å². The van der Waals surface area contributed by atoms with E-state index in [0.29, 0.717) is 5.56 Å². The Kier molecular flexibility index (Phi) is 6.19. The van der Waals surface area contributed by atoms with Gasteiger partial charge >= 0.3 is 0 Å². The number of ether oxygens (including phenoxy) is 1. The molecule has 0 atom stereocenters. The number of nitrogens with two attached hydrogens (primary N) is 1. The molecule has 2 aromatic carbocycles. The van der Waals surface area contributed by atoms with Crippen molar-refractivity contribution in [3.63, 3.8) is 0 Å². The van der Waals surface area contributed by atoms with Crippen molar-refractivity contribution in [3.05, 3.63) is 69.8 Å². The fourth-order valence-corrected chi connectivity index (χ4v) is 2.16. The molecule has 3 N–H and O–H groups in total. The largest absolute Gasteiger partial charge is 0.377 e. The summed E-state index contributed by atoms with van der Waals surface area (Å²) in [5, 5.41) is 14.1. The van der Waals surface area contributed by atoms with Crippen LogP contribution in [0.2, 0.25) is 0 Å². The minimum Gasteiger partial charge on any atom is -0.377 e. The number of carbonyl (C=O) groups excluding carboxylic acids is 2. The molecule has 0 unspecified atom stereocenters. The molecule has 0 fully saturated rings. The minimum absolute atomic E-state index is 0.158. The quantitative estimate of drug-likeness (QED) is 0.309. The van der Waals surface area contributed by atoms with E-state index in [0.717, 1.165) is 0 Å². The zero-order chi connectivity index (χ0) is 18.2. The maximum Gasteiger partial charge on any atom is 0.293 e. The number of primary amides is 1. The lowest BCUT2D eigenvalue weighted by Gasteiger charge is -2.09. The molecular formula is C17H17N3O5. The fourth-order valence-electron chi connectivity index (χ4n) is 2.16. The Hall–Kier alpha value is -3.26. The summed E-state index contributed by atoms with van der Waals surface area (Å²) < 4.78 is 4.98. The predicted molar refractivity (Wildman–Crippen MR) is 91.5 cm³/mol. The molecule has 0 saturated carbocycles. The maximum absolute atomic E-state index is 12.4. The second-order valence-corrected chi connectivity index (χ2v) is 5.13. The van der Waals surface area contributed by atoms with Gasteiger partial charge in [0.15, 0.2) is 5.78 Å². The molecule has 0 bridgehead atoms. The van der Waals surface area contributed by atoms with Crippen molar-refractivity contribution >= 4 is 23.1 Å². The summed E-state index contributed by atoms with van der Waals surface area (Å²) in [7, 11) is 0. The summed E-state index contributed by atoms with van der Waals surface area (Å²) in [5.41, 5.74) is 5.67. The lowest BCUT2D eigenvalue weighted by Crippen LogP contribution is -2.20. The van der Waals surface area contributed by atoms with Gasteiger partial charge in [0.1, 0.15) is 12.3 Å². The van der Waals surface area contributed by atoms with E-state index in [1.54, 1.807) is 30.3 Å². The summed E-state index contributed by atoms with van der Waals surface area (Å²) in [6, 6.07) is 12.8. The molecule has 1 amide bonds. The number of amides is 1. The fraction of sp³-hybridized carbons (Fsp3) is 0.176. The van der Waals surface area contributed by atoms with Gasteiger partial charge in [-0.15, -0.1) is 0 Å². The van der Waals surface area contributed by atoms with Crippen molar-refractivity contribution in [1.29, 1.82) is 0 Å². The number of benzene rings is 2. The zero-order valence-corrected chi connectivity index (χ0v) is 13.3. The molecule has 0 aliphatic carbocycles. The molecule has 8 heteroatoms. The van der Waals surface area contributed by atoms with Gasteiger partial charge < -0.3 is 15.8 Å². The third kappa shape index (κ3) is 5.11. The van der Waals surface area contributed by atoms with E-state index in [2.05, 4.69) is 5.32 Å². The van der Waals surface area contributed by atoms with Crippen LogP contribution in [0.1, 0.15) is 15.9 Å². The first-order valence-corrected chi connectivity index (χ1v) is 7.47. The van der Waals surface area contributed by atoms with Crippen LogP contribution in [0.25, 0.3) is 0 Å². The molecule has 0 radical (unpaired) electrons. The Balaban J connectivity index is 2.11. The normalized spacial score (nSPS) is 10.2. The number of anilines is 1. The molecule has 130 valence electrons. The molecule has 0 aliphatic rings. The van der Waals surface area contributed by atoms with Crippen LogP contribution in [0.5, 0.6) is 0 Å². The van der Waals surface area contributed by atoms with Crippen LogP contribution in [-0.4, -0.2) is 36.4 Å². The Labute approximate surface area is 143 Å². The van der Waals surface area contributed by atoms with Crippen molar-refractivity contribution in [3.8, 4) is 0 Å². The Morgan fingerprint density at radius 3 is 2.48 bits per heavy atom. The van der Waals surface area contributed by atoms with E-state index in [-0.39, 0.29) is 42.5 Å². The van der Waals surface area contributed by atoms with E-state index < -0.39 is 10.8 Å². The van der Waals surface area contributed by atoms with E-state index in [4.69, 9.17) is 10.5 Å². The third-order valence-electron chi connectivity index (χ3n) is 3.30. The van der Waals surface area contributed by atoms with Crippen LogP contribution in [0, 0.1) is 10.1 Å². The second kappa shape index (κ2) is 8.55. The maximum atomic E-state index is 12.4. The molecule has 2 rings (SSSR count). The number of nitro groups is 1. The topological polar surface area (TPSA) is 125 Å². The van der Waals surface area contributed by atoms with Gasteiger partial charge in [-0.3, -0.25) is 19.7 Å². The SMILES string of the molecule is NC(=O)COCCNc1ccc(C(=O)c2ccccc2)cc1[N+](=O)[O-]. The molecule has 0 aliphatic heterocycles. The second-order valence-electron chi connectivity index (χ2n) is 5.13. The first kappa shape index (κ1) is 18.1. The standard InChI is InChI=1S/C17H17N3O5/c18-16(21)11-25-9-8-19-14-7-6-13(10-15(14)20(23)24)17(22)12-4-2-1-3-5-12/h1-7,10,19H,8-9,11H2,(H2,18,21). The van der Waals surface area contributed by atoms with Crippen molar-refractivity contribution < 1.29 is 19.2 Å². The van der Waals surface area contributed by atoms with Crippen LogP contribution in [0.4, 0.5) is 11.4 Å². The number of hydrogen-bond donors (Lipinski definition) is 2. The molecule has 0 aromatic heterocycles. The average Bonchev–Trinajstić information content (AvgIpc) is 2.61. The van der Waals surface area contributed by atoms with Crippen LogP contribution >= 0.6 is 0 Å². The van der Waals surface area contributed by atoms with Crippen molar-refractivity contribution in [1.82, 2.24) is 0 Å². The van der Waals surface area contributed by atoms with Gasteiger partial charge in [-0.2, -0.15) is 0 Å². The number of hydrogen-bond acceptors (Lipinski definition) is 6. The predicted octanol–water partition coefficient (Wildman–Crippen LogP) is 1.74. The van der Waals surface area contributed by atoms with Crippen molar-refractivity contribution in [2.75, 3.05) is 25.1 Å². The van der Waals surface area contributed by atoms with Gasteiger partial charge in [-0.25, -0.2) is 0 Å². The Morgan fingerprint density at radius 2 is 1.84 bits per heavy atom. The Morgan fingerprint density at radius 1 is 1.12 bits per heavy atom. The molecule has 8 nitrogen and oxygen atoms in total. The number of rotatable bonds is 9. The van der Waals surface area contributed by atoms with E-state index >= 15 is 0 Å². The highest BCUT2D eigenvalue weighted by molar-refractivity contribution is 6.09. The summed E-state index contributed by atoms with van der Waals surface area (Å²) in [5.74, 6) is -0.880. The van der Waals surface area contributed by atoms with Crippen molar-refractivity contribution in [2.24, 2.45) is 5.73 Å². The molecular weight excluding hydrogens is 326 g/mol. The minimum atomic E-state index is -0.588.